The van der Waals surface area contributed by atoms with Crippen LogP contribution in [0, 0.1) is 11.7 Å². The number of nitrogens with zero attached hydrogens (tertiary/aromatic N) is 2. The van der Waals surface area contributed by atoms with E-state index in [-0.39, 0.29) is 30.0 Å². The molecule has 0 N–H and O–H groups in total. The highest BCUT2D eigenvalue weighted by molar-refractivity contribution is 6.00. The molecule has 4 nitrogen and oxygen atoms in total. The predicted octanol–water partition coefficient (Wildman–Crippen LogP) is 2.81. The third-order valence-corrected chi connectivity index (χ3v) is 5.30. The van der Waals surface area contributed by atoms with Crippen molar-refractivity contribution < 1.29 is 14.0 Å². The van der Waals surface area contributed by atoms with Crippen LogP contribution in [0.15, 0.2) is 48.5 Å². The molecule has 0 aromatic heterocycles. The molecule has 4 rings (SSSR count). The predicted molar refractivity (Wildman–Crippen MR) is 97.3 cm³/mol. The number of carbonyl (C=O) groups excluding carboxylic acids is 2. The van der Waals surface area contributed by atoms with Crippen LogP contribution >= 0.6 is 0 Å². The van der Waals surface area contributed by atoms with Gasteiger partial charge in [-0.3, -0.25) is 9.59 Å². The van der Waals surface area contributed by atoms with Crippen molar-refractivity contribution in [3.8, 4) is 0 Å². The van der Waals surface area contributed by atoms with Gasteiger partial charge in [0.15, 0.2) is 0 Å². The number of likely N-dealkylation sites (tertiary alicyclic amines) is 1. The standard InChI is InChI=1S/C21H21FN2O2/c22-18-7-5-15(6-8-18)9-11-23-14-17(13-20(23)25)21(26)24-12-10-16-3-1-2-4-19(16)24/h1-8,17H,9-14H2/t17-/m0/s1. The lowest BCUT2D eigenvalue weighted by Crippen LogP contribution is -2.36. The summed E-state index contributed by atoms with van der Waals surface area (Å²) in [7, 11) is 0. The fraction of sp³-hybridized carbons (Fsp3) is 0.333. The number of hydrogen-bond acceptors (Lipinski definition) is 2. The first-order valence-corrected chi connectivity index (χ1v) is 9.03. The van der Waals surface area contributed by atoms with Crippen molar-refractivity contribution in [3.05, 3.63) is 65.5 Å². The van der Waals surface area contributed by atoms with Gasteiger partial charge in [0.1, 0.15) is 5.82 Å². The normalized spacial score (nSPS) is 19.1. The Bertz CT molecular complexity index is 834. The van der Waals surface area contributed by atoms with Gasteiger partial charge in [-0.1, -0.05) is 30.3 Å². The summed E-state index contributed by atoms with van der Waals surface area (Å²) < 4.78 is 13.0. The summed E-state index contributed by atoms with van der Waals surface area (Å²) in [5, 5.41) is 0. The molecule has 134 valence electrons. The van der Waals surface area contributed by atoms with Gasteiger partial charge in [-0.05, 0) is 42.2 Å². The lowest BCUT2D eigenvalue weighted by Gasteiger charge is -2.21. The zero-order valence-corrected chi connectivity index (χ0v) is 14.5. The molecule has 1 saturated heterocycles. The van der Waals surface area contributed by atoms with E-state index in [2.05, 4.69) is 6.07 Å². The van der Waals surface area contributed by atoms with Gasteiger partial charge in [0.2, 0.25) is 11.8 Å². The van der Waals surface area contributed by atoms with E-state index < -0.39 is 0 Å². The maximum Gasteiger partial charge on any atom is 0.232 e. The van der Waals surface area contributed by atoms with Gasteiger partial charge in [-0.2, -0.15) is 0 Å². The molecule has 2 heterocycles. The summed E-state index contributed by atoms with van der Waals surface area (Å²) in [4.78, 5) is 28.8. The monoisotopic (exact) mass is 352 g/mol. The van der Waals surface area contributed by atoms with Crippen LogP contribution in [-0.4, -0.2) is 36.3 Å². The first-order chi connectivity index (χ1) is 12.6. The highest BCUT2D eigenvalue weighted by atomic mass is 19.1. The van der Waals surface area contributed by atoms with Gasteiger partial charge in [0, 0.05) is 31.7 Å². The second-order valence-corrected chi connectivity index (χ2v) is 6.99. The molecule has 2 aliphatic rings. The number of halogens is 1. The first-order valence-electron chi connectivity index (χ1n) is 9.03. The summed E-state index contributed by atoms with van der Waals surface area (Å²) in [6.07, 6.45) is 1.82. The average Bonchev–Trinajstić information content (AvgIpc) is 3.24. The molecule has 2 aliphatic heterocycles. The molecular weight excluding hydrogens is 331 g/mol. The van der Waals surface area contributed by atoms with Crippen LogP contribution in [0.3, 0.4) is 0 Å². The molecule has 0 spiro atoms. The van der Waals surface area contributed by atoms with Crippen molar-refractivity contribution in [2.45, 2.75) is 19.3 Å². The molecule has 5 heteroatoms. The van der Waals surface area contributed by atoms with E-state index in [1.165, 1.54) is 17.7 Å². The maximum absolute atomic E-state index is 13.0. The Morgan fingerprint density at radius 1 is 1.12 bits per heavy atom. The number of anilines is 1. The van der Waals surface area contributed by atoms with Crippen LogP contribution in [0.4, 0.5) is 10.1 Å². The molecule has 2 amide bonds. The second-order valence-electron chi connectivity index (χ2n) is 6.99. The minimum atomic E-state index is -0.276. The Hall–Kier alpha value is -2.69. The average molecular weight is 352 g/mol. The number of benzene rings is 2. The lowest BCUT2D eigenvalue weighted by molar-refractivity contribution is -0.128. The molecule has 0 bridgehead atoms. The van der Waals surface area contributed by atoms with Crippen molar-refractivity contribution in [2.24, 2.45) is 5.92 Å². The number of rotatable bonds is 4. The van der Waals surface area contributed by atoms with Crippen LogP contribution in [0.1, 0.15) is 17.5 Å². The van der Waals surface area contributed by atoms with E-state index in [1.807, 2.05) is 23.1 Å². The molecule has 0 radical (unpaired) electrons. The minimum absolute atomic E-state index is 0.0259. The van der Waals surface area contributed by atoms with Gasteiger partial charge in [-0.25, -0.2) is 4.39 Å². The Kier molecular flexibility index (Phi) is 4.45. The smallest absolute Gasteiger partial charge is 0.232 e. The van der Waals surface area contributed by atoms with Crippen LogP contribution in [0.5, 0.6) is 0 Å². The second kappa shape index (κ2) is 6.90. The first kappa shape index (κ1) is 16.8. The lowest BCUT2D eigenvalue weighted by atomic mass is 10.1. The van der Waals surface area contributed by atoms with E-state index in [4.69, 9.17) is 0 Å². The highest BCUT2D eigenvalue weighted by Crippen LogP contribution is 2.31. The van der Waals surface area contributed by atoms with E-state index in [0.717, 1.165) is 17.7 Å². The molecule has 0 saturated carbocycles. The molecule has 1 fully saturated rings. The van der Waals surface area contributed by atoms with Crippen LogP contribution < -0.4 is 4.90 Å². The van der Waals surface area contributed by atoms with Crippen molar-refractivity contribution in [2.75, 3.05) is 24.5 Å². The summed E-state index contributed by atoms with van der Waals surface area (Å²) >= 11 is 0. The topological polar surface area (TPSA) is 40.6 Å². The quantitative estimate of drug-likeness (QED) is 0.849. The van der Waals surface area contributed by atoms with Crippen LogP contribution in [0.2, 0.25) is 0 Å². The van der Waals surface area contributed by atoms with E-state index in [1.54, 1.807) is 17.0 Å². The Labute approximate surface area is 152 Å². The van der Waals surface area contributed by atoms with Gasteiger partial charge in [0.25, 0.3) is 0 Å². The van der Waals surface area contributed by atoms with Gasteiger partial charge in [-0.15, -0.1) is 0 Å². The van der Waals surface area contributed by atoms with E-state index in [9.17, 15) is 14.0 Å². The fourth-order valence-corrected chi connectivity index (χ4v) is 3.86. The van der Waals surface area contributed by atoms with Gasteiger partial charge in [0.05, 0.1) is 5.92 Å². The van der Waals surface area contributed by atoms with Crippen LogP contribution in [0.25, 0.3) is 0 Å². The molecule has 2 aromatic carbocycles. The zero-order valence-electron chi connectivity index (χ0n) is 14.5. The molecule has 2 aromatic rings. The summed E-state index contributed by atoms with van der Waals surface area (Å²) in [5.41, 5.74) is 3.16. The number of amides is 2. The SMILES string of the molecule is O=C1C[C@H](C(=O)N2CCc3ccccc32)CN1CCc1ccc(F)cc1. The summed E-state index contributed by atoms with van der Waals surface area (Å²) in [6, 6.07) is 14.3. The summed E-state index contributed by atoms with van der Waals surface area (Å²) in [6.45, 7) is 1.72. The number of para-hydroxylation sites is 1. The van der Waals surface area contributed by atoms with E-state index in [0.29, 0.717) is 26.1 Å². The number of fused-ring (bicyclic) bond motifs is 1. The van der Waals surface area contributed by atoms with Gasteiger partial charge >= 0.3 is 0 Å². The number of hydrogen-bond donors (Lipinski definition) is 0. The molecule has 1 atom stereocenters. The van der Waals surface area contributed by atoms with E-state index >= 15 is 0 Å². The fourth-order valence-electron chi connectivity index (χ4n) is 3.86. The Morgan fingerprint density at radius 3 is 2.69 bits per heavy atom. The molecule has 26 heavy (non-hydrogen) atoms. The zero-order chi connectivity index (χ0) is 18.1. The number of carbonyl (C=O) groups is 2. The molecule has 0 aliphatic carbocycles. The third kappa shape index (κ3) is 3.21. The third-order valence-electron chi connectivity index (χ3n) is 5.30. The largest absolute Gasteiger partial charge is 0.342 e. The van der Waals surface area contributed by atoms with Gasteiger partial charge < -0.3 is 9.80 Å². The minimum Gasteiger partial charge on any atom is -0.342 e. The van der Waals surface area contributed by atoms with Crippen molar-refractivity contribution in [1.29, 1.82) is 0 Å². The van der Waals surface area contributed by atoms with Crippen molar-refractivity contribution in [1.82, 2.24) is 4.90 Å². The van der Waals surface area contributed by atoms with Crippen molar-refractivity contribution in [3.63, 3.8) is 0 Å². The molecule has 0 unspecified atom stereocenters. The Balaban J connectivity index is 1.38. The van der Waals surface area contributed by atoms with Crippen molar-refractivity contribution >= 4 is 17.5 Å². The summed E-state index contributed by atoms with van der Waals surface area (Å²) in [5.74, 6) is -0.463. The van der Waals surface area contributed by atoms with Crippen LogP contribution in [-0.2, 0) is 22.4 Å². The molecular formula is C21H21FN2O2. The highest BCUT2D eigenvalue weighted by Gasteiger charge is 2.38. The Morgan fingerprint density at radius 2 is 1.88 bits per heavy atom. The maximum atomic E-state index is 13.0.